The van der Waals surface area contributed by atoms with Crippen molar-refractivity contribution in [2.24, 2.45) is 5.92 Å². The molecule has 3 aliphatic heterocycles. The first-order valence-electron chi connectivity index (χ1n) is 14.7. The zero-order valence-electron chi connectivity index (χ0n) is 23.8. The van der Waals surface area contributed by atoms with E-state index in [1.807, 2.05) is 18.3 Å². The number of hydrogen-bond donors (Lipinski definition) is 1. The number of allylic oxidation sites excluding steroid dienone is 2. The van der Waals surface area contributed by atoms with Crippen LogP contribution in [-0.2, 0) is 0 Å². The number of unbranched alkanes of at least 4 members (excludes halogenated alkanes) is 1. The fraction of sp³-hybridized carbons (Fsp3) is 0.485. The molecule has 0 spiro atoms. The summed E-state index contributed by atoms with van der Waals surface area (Å²) in [5.41, 5.74) is 6.34. The Balaban J connectivity index is 1.38. The van der Waals surface area contributed by atoms with E-state index in [0.717, 1.165) is 45.2 Å². The normalized spacial score (nSPS) is 21.7. The maximum absolute atomic E-state index is 12.9. The fourth-order valence-corrected chi connectivity index (χ4v) is 6.53. The van der Waals surface area contributed by atoms with Crippen LogP contribution in [0.1, 0.15) is 104 Å². The van der Waals surface area contributed by atoms with Crippen LogP contribution in [0.2, 0.25) is 0 Å². The highest BCUT2D eigenvalue weighted by atomic mass is 16.2. The third-order valence-electron chi connectivity index (χ3n) is 8.46. The van der Waals surface area contributed by atoms with Gasteiger partial charge in [-0.1, -0.05) is 58.0 Å². The van der Waals surface area contributed by atoms with Gasteiger partial charge in [0, 0.05) is 25.0 Å². The highest BCUT2D eigenvalue weighted by molar-refractivity contribution is 6.21. The maximum atomic E-state index is 12.9. The molecule has 39 heavy (non-hydrogen) atoms. The summed E-state index contributed by atoms with van der Waals surface area (Å²) in [6.07, 6.45) is 11.5. The molecule has 5 rings (SSSR count). The molecule has 3 aliphatic rings. The zero-order chi connectivity index (χ0) is 27.5. The van der Waals surface area contributed by atoms with Gasteiger partial charge in [-0.2, -0.15) is 0 Å². The van der Waals surface area contributed by atoms with Crippen molar-refractivity contribution < 1.29 is 9.59 Å². The number of benzene rings is 1. The lowest BCUT2D eigenvalue weighted by atomic mass is 9.85. The molecular formula is C33H42N4O2. The molecule has 0 aliphatic carbocycles. The number of carbonyl (C=O) groups is 2. The first-order valence-corrected chi connectivity index (χ1v) is 14.7. The van der Waals surface area contributed by atoms with Gasteiger partial charge in [-0.05, 0) is 79.8 Å². The highest BCUT2D eigenvalue weighted by Crippen LogP contribution is 2.40. The van der Waals surface area contributed by atoms with E-state index in [9.17, 15) is 9.59 Å². The van der Waals surface area contributed by atoms with Crippen molar-refractivity contribution in [2.75, 3.05) is 19.6 Å². The molecule has 2 amide bonds. The second kappa shape index (κ2) is 11.9. The summed E-state index contributed by atoms with van der Waals surface area (Å²) in [4.78, 5) is 34.8. The van der Waals surface area contributed by atoms with Gasteiger partial charge < -0.3 is 5.32 Å². The van der Waals surface area contributed by atoms with Gasteiger partial charge in [0.2, 0.25) is 0 Å². The van der Waals surface area contributed by atoms with Gasteiger partial charge in [0.15, 0.2) is 0 Å². The molecule has 206 valence electrons. The summed E-state index contributed by atoms with van der Waals surface area (Å²) in [5.74, 6) is 0.528. The Labute approximate surface area is 233 Å². The van der Waals surface area contributed by atoms with Crippen LogP contribution in [0.3, 0.4) is 0 Å². The molecular weight excluding hydrogens is 484 g/mol. The number of dihydropyridines is 1. The molecule has 0 bridgehead atoms. The van der Waals surface area contributed by atoms with Crippen molar-refractivity contribution in [1.82, 2.24) is 20.1 Å². The predicted octanol–water partition coefficient (Wildman–Crippen LogP) is 6.25. The molecule has 4 heterocycles. The number of amides is 2. The van der Waals surface area contributed by atoms with Crippen molar-refractivity contribution >= 4 is 11.8 Å². The van der Waals surface area contributed by atoms with Crippen LogP contribution in [0.4, 0.5) is 0 Å². The number of nitrogens with zero attached hydrogens (tertiary/aromatic N) is 3. The Morgan fingerprint density at radius 3 is 2.28 bits per heavy atom. The van der Waals surface area contributed by atoms with Crippen molar-refractivity contribution in [2.45, 2.75) is 77.8 Å². The van der Waals surface area contributed by atoms with Gasteiger partial charge in [-0.3, -0.25) is 24.4 Å². The SMILES string of the molecule is CC(C)C1=C([C@H]2CCC[C@@H](c3ncccc3C(C)C)N2CCCCN2C(=O)c3ccccc3C2=O)NCC=C1. The minimum atomic E-state index is -0.163. The van der Waals surface area contributed by atoms with E-state index < -0.39 is 0 Å². The van der Waals surface area contributed by atoms with Gasteiger partial charge in [-0.15, -0.1) is 0 Å². The second-order valence-corrected chi connectivity index (χ2v) is 11.7. The Kier molecular flexibility index (Phi) is 8.31. The third-order valence-corrected chi connectivity index (χ3v) is 8.46. The summed E-state index contributed by atoms with van der Waals surface area (Å²) < 4.78 is 0. The molecule has 1 fully saturated rings. The van der Waals surface area contributed by atoms with Crippen molar-refractivity contribution in [1.29, 1.82) is 0 Å². The molecule has 6 heteroatoms. The van der Waals surface area contributed by atoms with Gasteiger partial charge in [0.25, 0.3) is 11.8 Å². The van der Waals surface area contributed by atoms with E-state index in [0.29, 0.717) is 35.5 Å². The van der Waals surface area contributed by atoms with Crippen LogP contribution >= 0.6 is 0 Å². The smallest absolute Gasteiger partial charge is 0.261 e. The van der Waals surface area contributed by atoms with Crippen molar-refractivity contribution in [3.8, 4) is 0 Å². The van der Waals surface area contributed by atoms with Crippen LogP contribution in [0.5, 0.6) is 0 Å². The Bertz CT molecular complexity index is 1240. The topological polar surface area (TPSA) is 65.5 Å². The Morgan fingerprint density at radius 1 is 0.897 bits per heavy atom. The lowest BCUT2D eigenvalue weighted by molar-refractivity contribution is 0.0640. The van der Waals surface area contributed by atoms with Gasteiger partial charge in [-0.25, -0.2) is 0 Å². The zero-order valence-corrected chi connectivity index (χ0v) is 23.8. The van der Waals surface area contributed by atoms with Crippen LogP contribution in [0.15, 0.2) is 66.0 Å². The molecule has 0 unspecified atom stereocenters. The number of nitrogens with one attached hydrogen (secondary N) is 1. The number of aromatic nitrogens is 1. The first kappa shape index (κ1) is 27.3. The average Bonchev–Trinajstić information content (AvgIpc) is 3.20. The van der Waals surface area contributed by atoms with E-state index in [1.54, 1.807) is 12.1 Å². The van der Waals surface area contributed by atoms with Gasteiger partial charge >= 0.3 is 0 Å². The largest absolute Gasteiger partial charge is 0.383 e. The fourth-order valence-electron chi connectivity index (χ4n) is 6.53. The molecule has 6 nitrogen and oxygen atoms in total. The number of likely N-dealkylation sites (tertiary alicyclic amines) is 1. The number of imide groups is 1. The summed E-state index contributed by atoms with van der Waals surface area (Å²) >= 11 is 0. The molecule has 2 atom stereocenters. The molecule has 2 aromatic rings. The van der Waals surface area contributed by atoms with Crippen molar-refractivity contribution in [3.05, 3.63) is 88.4 Å². The number of pyridine rings is 1. The minimum absolute atomic E-state index is 0.163. The van der Waals surface area contributed by atoms with Gasteiger partial charge in [0.05, 0.1) is 28.9 Å². The summed E-state index contributed by atoms with van der Waals surface area (Å²) in [7, 11) is 0. The standard InChI is InChI=1S/C33H42N4O2/c1-22(2)24-14-10-18-34-30(24)28-16-9-17-29(31-25(23(3)4)15-11-19-35-31)36(28)20-7-8-21-37-32(38)26-12-5-6-13-27(26)33(37)39/h5-6,10-15,18,22-23,28-29,35H,7-9,16-17,19-21H2,1-4H3/t28-,29+/m0/s1. The van der Waals surface area contributed by atoms with E-state index in [-0.39, 0.29) is 17.9 Å². The van der Waals surface area contributed by atoms with Crippen LogP contribution in [0.25, 0.3) is 0 Å². The van der Waals surface area contributed by atoms with Crippen molar-refractivity contribution in [3.63, 3.8) is 0 Å². The number of hydrogen-bond acceptors (Lipinski definition) is 5. The quantitative estimate of drug-likeness (QED) is 0.309. The van der Waals surface area contributed by atoms with Crippen LogP contribution in [0, 0.1) is 5.92 Å². The maximum Gasteiger partial charge on any atom is 0.261 e. The highest BCUT2D eigenvalue weighted by Gasteiger charge is 2.38. The molecule has 1 saturated heterocycles. The van der Waals surface area contributed by atoms with E-state index in [2.05, 4.69) is 62.2 Å². The van der Waals surface area contributed by atoms with E-state index >= 15 is 0 Å². The Morgan fingerprint density at radius 2 is 1.59 bits per heavy atom. The van der Waals surface area contributed by atoms with E-state index in [1.165, 1.54) is 27.4 Å². The predicted molar refractivity (Wildman–Crippen MR) is 155 cm³/mol. The van der Waals surface area contributed by atoms with Crippen LogP contribution < -0.4 is 5.32 Å². The monoisotopic (exact) mass is 526 g/mol. The molecule has 1 aromatic heterocycles. The van der Waals surface area contributed by atoms with Crippen LogP contribution in [-0.4, -0.2) is 52.3 Å². The molecule has 1 N–H and O–H groups in total. The molecule has 0 saturated carbocycles. The lowest BCUT2D eigenvalue weighted by Gasteiger charge is -2.45. The van der Waals surface area contributed by atoms with Gasteiger partial charge in [0.1, 0.15) is 0 Å². The first-order chi connectivity index (χ1) is 18.9. The Hall–Kier alpha value is -3.25. The molecule has 0 radical (unpaired) electrons. The third kappa shape index (κ3) is 5.44. The molecule has 1 aromatic carbocycles. The summed E-state index contributed by atoms with van der Waals surface area (Å²) in [6, 6.07) is 12.0. The lowest BCUT2D eigenvalue weighted by Crippen LogP contribution is -2.48. The average molecular weight is 527 g/mol. The number of carbonyl (C=O) groups excluding carboxylic acids is 2. The number of rotatable bonds is 9. The summed E-state index contributed by atoms with van der Waals surface area (Å²) in [6.45, 7) is 11.3. The minimum Gasteiger partial charge on any atom is -0.383 e. The number of fused-ring (bicyclic) bond motifs is 1. The summed E-state index contributed by atoms with van der Waals surface area (Å²) in [5, 5.41) is 3.75. The number of piperidine rings is 1. The van der Waals surface area contributed by atoms with E-state index in [4.69, 9.17) is 4.98 Å². The second-order valence-electron chi connectivity index (χ2n) is 11.7.